The van der Waals surface area contributed by atoms with Gasteiger partial charge >= 0.3 is 12.0 Å². The van der Waals surface area contributed by atoms with E-state index < -0.39 is 11.9 Å². The number of nitrogens with zero attached hydrogens (tertiary/aromatic N) is 3. The summed E-state index contributed by atoms with van der Waals surface area (Å²) in [5.41, 5.74) is 0. The Bertz CT molecular complexity index is 378. The summed E-state index contributed by atoms with van der Waals surface area (Å²) in [5, 5.41) is 9.13. The number of carboxylic acid groups (broad SMARTS) is 1. The molecule has 1 N–H and O–H groups in total. The summed E-state index contributed by atoms with van der Waals surface area (Å²) < 4.78 is 0. The summed E-state index contributed by atoms with van der Waals surface area (Å²) in [6.45, 7) is 3.94. The second kappa shape index (κ2) is 5.99. The summed E-state index contributed by atoms with van der Waals surface area (Å²) in [6, 6.07) is 0.354. The molecule has 2 atom stereocenters. The highest BCUT2D eigenvalue weighted by molar-refractivity contribution is 5.78. The highest BCUT2D eigenvalue weighted by Crippen LogP contribution is 2.26. The SMILES string of the molecule is CC1C(C(=O)O)CCN1C(=O)N1CCC(N(C)C)CC1. The van der Waals surface area contributed by atoms with Crippen molar-refractivity contribution in [3.8, 4) is 0 Å². The molecule has 114 valence electrons. The molecule has 0 saturated carbocycles. The summed E-state index contributed by atoms with van der Waals surface area (Å²) in [4.78, 5) is 29.4. The normalized spacial score (nSPS) is 28.2. The van der Waals surface area contributed by atoms with Crippen LogP contribution in [0.15, 0.2) is 0 Å². The summed E-state index contributed by atoms with van der Waals surface area (Å²) in [7, 11) is 4.14. The van der Waals surface area contributed by atoms with Crippen molar-refractivity contribution in [2.45, 2.75) is 38.3 Å². The van der Waals surface area contributed by atoms with Crippen LogP contribution < -0.4 is 0 Å². The van der Waals surface area contributed by atoms with Crippen molar-refractivity contribution in [3.63, 3.8) is 0 Å². The van der Waals surface area contributed by atoms with Crippen LogP contribution in [-0.4, -0.2) is 77.6 Å². The van der Waals surface area contributed by atoms with E-state index in [0.717, 1.165) is 25.9 Å². The molecule has 2 aliphatic rings. The molecule has 2 aliphatic heterocycles. The second-order valence-electron chi connectivity index (χ2n) is 6.13. The Morgan fingerprint density at radius 2 is 1.70 bits per heavy atom. The lowest BCUT2D eigenvalue weighted by molar-refractivity contribution is -0.142. The van der Waals surface area contributed by atoms with Crippen molar-refractivity contribution in [2.24, 2.45) is 5.92 Å². The lowest BCUT2D eigenvalue weighted by atomic mass is 10.0. The number of urea groups is 1. The fraction of sp³-hybridized carbons (Fsp3) is 0.857. The van der Waals surface area contributed by atoms with Gasteiger partial charge in [-0.15, -0.1) is 0 Å². The standard InChI is InChI=1S/C14H25N3O3/c1-10-12(13(18)19)6-9-17(10)14(20)16-7-4-11(5-8-16)15(2)3/h10-12H,4-9H2,1-3H3,(H,18,19). The van der Waals surface area contributed by atoms with Crippen LogP contribution in [0.25, 0.3) is 0 Å². The molecule has 6 nitrogen and oxygen atoms in total. The minimum absolute atomic E-state index is 0.0125. The summed E-state index contributed by atoms with van der Waals surface area (Å²) in [5.74, 6) is -1.21. The van der Waals surface area contributed by atoms with Crippen molar-refractivity contribution < 1.29 is 14.7 Å². The maximum Gasteiger partial charge on any atom is 0.320 e. The molecular weight excluding hydrogens is 258 g/mol. The molecule has 2 heterocycles. The quantitative estimate of drug-likeness (QED) is 0.819. The van der Waals surface area contributed by atoms with Crippen molar-refractivity contribution in [1.82, 2.24) is 14.7 Å². The Hall–Kier alpha value is -1.30. The number of carbonyl (C=O) groups is 2. The number of hydrogen-bond donors (Lipinski definition) is 1. The molecule has 0 aromatic heterocycles. The monoisotopic (exact) mass is 283 g/mol. The smallest absolute Gasteiger partial charge is 0.320 e. The summed E-state index contributed by atoms with van der Waals surface area (Å²) >= 11 is 0. The first kappa shape index (κ1) is 15.1. The van der Waals surface area contributed by atoms with Crippen LogP contribution in [0.4, 0.5) is 4.79 Å². The minimum atomic E-state index is -0.792. The van der Waals surface area contributed by atoms with Crippen LogP contribution in [0.1, 0.15) is 26.2 Å². The first-order valence-electron chi connectivity index (χ1n) is 7.36. The Morgan fingerprint density at radius 1 is 1.10 bits per heavy atom. The fourth-order valence-electron chi connectivity index (χ4n) is 3.30. The van der Waals surface area contributed by atoms with E-state index in [0.29, 0.717) is 19.0 Å². The molecule has 6 heteroatoms. The lowest BCUT2D eigenvalue weighted by Gasteiger charge is -2.38. The zero-order valence-electron chi connectivity index (χ0n) is 12.6. The third kappa shape index (κ3) is 2.90. The van der Waals surface area contributed by atoms with Crippen molar-refractivity contribution in [3.05, 3.63) is 0 Å². The fourth-order valence-corrected chi connectivity index (χ4v) is 3.30. The minimum Gasteiger partial charge on any atom is -0.481 e. The molecule has 2 fully saturated rings. The number of aliphatic carboxylic acids is 1. The van der Waals surface area contributed by atoms with Gasteiger partial charge in [0.25, 0.3) is 0 Å². The molecular formula is C14H25N3O3. The molecule has 20 heavy (non-hydrogen) atoms. The highest BCUT2D eigenvalue weighted by Gasteiger charge is 2.40. The third-order valence-electron chi connectivity index (χ3n) is 4.78. The number of rotatable bonds is 2. The molecule has 0 spiro atoms. The lowest BCUT2D eigenvalue weighted by Crippen LogP contribution is -2.51. The van der Waals surface area contributed by atoms with Crippen LogP contribution in [0.3, 0.4) is 0 Å². The van der Waals surface area contributed by atoms with Crippen LogP contribution in [0.2, 0.25) is 0 Å². The van der Waals surface area contributed by atoms with Gasteiger partial charge < -0.3 is 19.8 Å². The van der Waals surface area contributed by atoms with Gasteiger partial charge in [-0.1, -0.05) is 0 Å². The predicted molar refractivity (Wildman–Crippen MR) is 75.6 cm³/mol. The maximum atomic E-state index is 12.5. The predicted octanol–water partition coefficient (Wildman–Crippen LogP) is 0.927. The number of carboxylic acids is 1. The van der Waals surface area contributed by atoms with Gasteiger partial charge in [-0.3, -0.25) is 4.79 Å². The van der Waals surface area contributed by atoms with E-state index in [1.807, 2.05) is 11.8 Å². The molecule has 2 amide bonds. The van der Waals surface area contributed by atoms with E-state index in [1.54, 1.807) is 4.90 Å². The number of carbonyl (C=O) groups excluding carboxylic acids is 1. The van der Waals surface area contributed by atoms with Gasteiger partial charge in [0.05, 0.1) is 5.92 Å². The maximum absolute atomic E-state index is 12.5. The highest BCUT2D eigenvalue weighted by atomic mass is 16.4. The Labute approximate surface area is 120 Å². The van der Waals surface area contributed by atoms with E-state index in [9.17, 15) is 9.59 Å². The van der Waals surface area contributed by atoms with Crippen molar-refractivity contribution in [2.75, 3.05) is 33.7 Å². The second-order valence-corrected chi connectivity index (χ2v) is 6.13. The topological polar surface area (TPSA) is 64.1 Å². The van der Waals surface area contributed by atoms with Gasteiger partial charge in [-0.2, -0.15) is 0 Å². The van der Waals surface area contributed by atoms with Gasteiger partial charge in [0.1, 0.15) is 0 Å². The van der Waals surface area contributed by atoms with E-state index in [2.05, 4.69) is 19.0 Å². The molecule has 0 radical (unpaired) electrons. The van der Waals surface area contributed by atoms with E-state index in [1.165, 1.54) is 0 Å². The zero-order valence-corrected chi connectivity index (χ0v) is 12.6. The third-order valence-corrected chi connectivity index (χ3v) is 4.78. The Balaban J connectivity index is 1.91. The molecule has 0 aromatic rings. The molecule has 0 bridgehead atoms. The Kier molecular flexibility index (Phi) is 4.52. The largest absolute Gasteiger partial charge is 0.481 e. The van der Waals surface area contributed by atoms with Gasteiger partial charge in [-0.25, -0.2) is 4.79 Å². The van der Waals surface area contributed by atoms with Crippen LogP contribution in [-0.2, 0) is 4.79 Å². The molecule has 2 saturated heterocycles. The average molecular weight is 283 g/mol. The van der Waals surface area contributed by atoms with E-state index in [4.69, 9.17) is 5.11 Å². The van der Waals surface area contributed by atoms with Crippen LogP contribution in [0, 0.1) is 5.92 Å². The molecule has 0 aromatic carbocycles. The van der Waals surface area contributed by atoms with Crippen molar-refractivity contribution >= 4 is 12.0 Å². The number of hydrogen-bond acceptors (Lipinski definition) is 3. The van der Waals surface area contributed by atoms with E-state index in [-0.39, 0.29) is 12.1 Å². The van der Waals surface area contributed by atoms with Crippen molar-refractivity contribution in [1.29, 1.82) is 0 Å². The average Bonchev–Trinajstić information content (AvgIpc) is 2.80. The number of piperidine rings is 1. The number of likely N-dealkylation sites (tertiary alicyclic amines) is 2. The molecule has 0 aliphatic carbocycles. The Morgan fingerprint density at radius 3 is 2.15 bits per heavy atom. The van der Waals surface area contributed by atoms with Crippen LogP contribution in [0.5, 0.6) is 0 Å². The van der Waals surface area contributed by atoms with Gasteiger partial charge in [0.2, 0.25) is 0 Å². The molecule has 2 rings (SSSR count). The van der Waals surface area contributed by atoms with Crippen LogP contribution >= 0.6 is 0 Å². The van der Waals surface area contributed by atoms with Gasteiger partial charge in [0.15, 0.2) is 0 Å². The number of amides is 2. The molecule has 2 unspecified atom stereocenters. The first-order chi connectivity index (χ1) is 9.41. The zero-order chi connectivity index (χ0) is 14.9. The van der Waals surface area contributed by atoms with Gasteiger partial charge in [0, 0.05) is 31.7 Å². The van der Waals surface area contributed by atoms with E-state index >= 15 is 0 Å². The van der Waals surface area contributed by atoms with Gasteiger partial charge in [-0.05, 0) is 40.3 Å². The first-order valence-corrected chi connectivity index (χ1v) is 7.36. The summed E-state index contributed by atoms with van der Waals surface area (Å²) in [6.07, 6.45) is 2.54.